The Morgan fingerprint density at radius 1 is 0.356 bits per heavy atom. The van der Waals surface area contributed by atoms with Crippen LogP contribution in [-0.2, 0) is 0 Å². The molecule has 0 aromatic heterocycles. The lowest BCUT2D eigenvalue weighted by atomic mass is 10.3. The smallest absolute Gasteiger partial charge is 0.168 e. The van der Waals surface area contributed by atoms with E-state index >= 15 is 0 Å². The fourth-order valence-corrected chi connectivity index (χ4v) is 13.3. The van der Waals surface area contributed by atoms with Crippen molar-refractivity contribution >= 4 is 37.1 Å². The highest BCUT2D eigenvalue weighted by molar-refractivity contribution is 7.91. The summed E-state index contributed by atoms with van der Waals surface area (Å²) >= 11 is 0. The Balaban J connectivity index is 2.20. The second kappa shape index (κ2) is 14.9. The standard InChI is InChI=1S/C35H42O8P2/c1-35(2,44(27-19-11-15-23(36-3)31(27)40-7)28-20-12-16-24(37-4)32(28)41-8)45(29-21-13-17-25(38-5)33(29)42-9)30-22-14-18-26(39-6)34(30)43-10/h11-22H,1-10H3. The van der Waals surface area contributed by atoms with Crippen LogP contribution in [0.3, 0.4) is 0 Å². The lowest BCUT2D eigenvalue weighted by Crippen LogP contribution is -2.36. The Labute approximate surface area is 269 Å². The first kappa shape index (κ1) is 34.0. The molecule has 0 saturated heterocycles. The molecule has 0 radical (unpaired) electrons. The van der Waals surface area contributed by atoms with Crippen molar-refractivity contribution in [3.8, 4) is 46.0 Å². The van der Waals surface area contributed by atoms with Crippen molar-refractivity contribution in [3.05, 3.63) is 72.8 Å². The highest BCUT2D eigenvalue weighted by Crippen LogP contribution is 2.68. The monoisotopic (exact) mass is 652 g/mol. The summed E-state index contributed by atoms with van der Waals surface area (Å²) in [5.41, 5.74) is 0. The van der Waals surface area contributed by atoms with Crippen molar-refractivity contribution in [1.82, 2.24) is 0 Å². The molecule has 0 aliphatic heterocycles. The van der Waals surface area contributed by atoms with Crippen molar-refractivity contribution in [2.45, 2.75) is 18.7 Å². The maximum Gasteiger partial charge on any atom is 0.168 e. The third kappa shape index (κ3) is 6.32. The van der Waals surface area contributed by atoms with Gasteiger partial charge in [-0.25, -0.2) is 0 Å². The molecule has 0 heterocycles. The molecule has 8 nitrogen and oxygen atoms in total. The minimum atomic E-state index is -1.31. The largest absolute Gasteiger partial charge is 0.493 e. The van der Waals surface area contributed by atoms with Gasteiger partial charge in [-0.1, -0.05) is 62.4 Å². The summed E-state index contributed by atoms with van der Waals surface area (Å²) in [4.78, 5) is -0.538. The number of hydrogen-bond donors (Lipinski definition) is 0. The van der Waals surface area contributed by atoms with Crippen LogP contribution in [0.5, 0.6) is 46.0 Å². The average Bonchev–Trinajstić information content (AvgIpc) is 3.07. The van der Waals surface area contributed by atoms with Gasteiger partial charge in [-0.15, -0.1) is 0 Å². The molecule has 0 bridgehead atoms. The lowest BCUT2D eigenvalue weighted by molar-refractivity contribution is 0.356. The predicted octanol–water partition coefficient (Wildman–Crippen LogP) is 6.06. The summed E-state index contributed by atoms with van der Waals surface area (Å²) in [6, 6.07) is 24.0. The summed E-state index contributed by atoms with van der Waals surface area (Å²) in [5, 5.41) is 3.94. The van der Waals surface area contributed by atoms with Crippen molar-refractivity contribution in [3.63, 3.8) is 0 Å². The van der Waals surface area contributed by atoms with Crippen molar-refractivity contribution in [1.29, 1.82) is 0 Å². The number of rotatable bonds is 14. The van der Waals surface area contributed by atoms with Crippen LogP contribution in [0, 0.1) is 0 Å². The molecule has 0 atom stereocenters. The highest BCUT2D eigenvalue weighted by Gasteiger charge is 2.46. The summed E-state index contributed by atoms with van der Waals surface area (Å²) in [6.45, 7) is 4.56. The fraction of sp³-hybridized carbons (Fsp3) is 0.314. The average molecular weight is 653 g/mol. The molecule has 45 heavy (non-hydrogen) atoms. The molecular formula is C35H42O8P2. The zero-order chi connectivity index (χ0) is 32.7. The van der Waals surface area contributed by atoms with Crippen LogP contribution >= 0.6 is 15.8 Å². The quantitative estimate of drug-likeness (QED) is 0.152. The second-order valence-electron chi connectivity index (χ2n) is 10.2. The Bertz CT molecular complexity index is 1380. The SMILES string of the molecule is COc1cccc(P(c2cccc(OC)c2OC)C(C)(C)P(c2cccc(OC)c2OC)c2cccc(OC)c2OC)c1OC. The summed E-state index contributed by atoms with van der Waals surface area (Å²) < 4.78 is 47.6. The van der Waals surface area contributed by atoms with Crippen LogP contribution in [0.1, 0.15) is 13.8 Å². The Hall–Kier alpha value is -3.86. The van der Waals surface area contributed by atoms with Gasteiger partial charge in [0, 0.05) is 26.1 Å². The van der Waals surface area contributed by atoms with Crippen LogP contribution in [0.4, 0.5) is 0 Å². The number of benzene rings is 4. The molecule has 240 valence electrons. The molecule has 0 amide bonds. The van der Waals surface area contributed by atoms with Gasteiger partial charge in [-0.05, 0) is 40.1 Å². The molecule has 0 aliphatic carbocycles. The van der Waals surface area contributed by atoms with E-state index in [4.69, 9.17) is 37.9 Å². The maximum absolute atomic E-state index is 6.09. The van der Waals surface area contributed by atoms with Crippen LogP contribution < -0.4 is 59.1 Å². The minimum absolute atomic E-state index is 0.538. The molecule has 4 aromatic rings. The molecular weight excluding hydrogens is 610 g/mol. The van der Waals surface area contributed by atoms with Crippen LogP contribution in [0.15, 0.2) is 72.8 Å². The fourth-order valence-electron chi connectivity index (χ4n) is 5.72. The van der Waals surface area contributed by atoms with Gasteiger partial charge < -0.3 is 37.9 Å². The van der Waals surface area contributed by atoms with E-state index in [-0.39, 0.29) is 0 Å². The molecule has 0 N–H and O–H groups in total. The van der Waals surface area contributed by atoms with E-state index in [0.29, 0.717) is 46.0 Å². The van der Waals surface area contributed by atoms with E-state index in [2.05, 4.69) is 38.1 Å². The van der Waals surface area contributed by atoms with Gasteiger partial charge in [0.25, 0.3) is 0 Å². The van der Waals surface area contributed by atoms with E-state index < -0.39 is 20.7 Å². The van der Waals surface area contributed by atoms with Gasteiger partial charge in [0.15, 0.2) is 46.0 Å². The summed E-state index contributed by atoms with van der Waals surface area (Å²) in [6.07, 6.45) is 0. The van der Waals surface area contributed by atoms with Gasteiger partial charge in [-0.3, -0.25) is 0 Å². The molecule has 0 fully saturated rings. The Morgan fingerprint density at radius 3 is 0.756 bits per heavy atom. The van der Waals surface area contributed by atoms with Gasteiger partial charge in [0.1, 0.15) is 0 Å². The van der Waals surface area contributed by atoms with E-state index in [9.17, 15) is 0 Å². The van der Waals surface area contributed by atoms with Crippen molar-refractivity contribution in [2.75, 3.05) is 56.9 Å². The van der Waals surface area contributed by atoms with Gasteiger partial charge in [-0.2, -0.15) is 0 Å². The van der Waals surface area contributed by atoms with E-state index in [1.54, 1.807) is 56.9 Å². The Morgan fingerprint density at radius 2 is 0.578 bits per heavy atom. The number of methoxy groups -OCH3 is 8. The first-order valence-corrected chi connectivity index (χ1v) is 16.9. The second-order valence-corrected chi connectivity index (χ2v) is 16.1. The summed E-state index contributed by atoms with van der Waals surface area (Å²) in [7, 11) is 10.6. The normalized spacial score (nSPS) is 11.3. The molecule has 4 aromatic carbocycles. The molecule has 0 saturated carbocycles. The number of para-hydroxylation sites is 4. The highest BCUT2D eigenvalue weighted by atomic mass is 31.2. The maximum atomic E-state index is 6.09. The predicted molar refractivity (Wildman–Crippen MR) is 185 cm³/mol. The number of ether oxygens (including phenoxy) is 8. The Kier molecular flexibility index (Phi) is 11.3. The zero-order valence-corrected chi connectivity index (χ0v) is 29.4. The third-order valence-corrected chi connectivity index (χ3v) is 14.3. The van der Waals surface area contributed by atoms with Crippen molar-refractivity contribution in [2.24, 2.45) is 0 Å². The molecule has 0 spiro atoms. The van der Waals surface area contributed by atoms with Gasteiger partial charge in [0.2, 0.25) is 0 Å². The van der Waals surface area contributed by atoms with Crippen LogP contribution in [0.2, 0.25) is 0 Å². The van der Waals surface area contributed by atoms with Gasteiger partial charge in [0.05, 0.1) is 56.9 Å². The lowest BCUT2D eigenvalue weighted by Gasteiger charge is -2.44. The molecule has 0 unspecified atom stereocenters. The topological polar surface area (TPSA) is 73.8 Å². The molecule has 10 heteroatoms. The third-order valence-electron chi connectivity index (χ3n) is 7.59. The summed E-state index contributed by atoms with van der Waals surface area (Å²) in [5.74, 6) is 5.21. The zero-order valence-electron chi connectivity index (χ0n) is 27.6. The van der Waals surface area contributed by atoms with Crippen LogP contribution in [0.25, 0.3) is 0 Å². The first-order valence-electron chi connectivity index (χ1n) is 14.2. The van der Waals surface area contributed by atoms with E-state index in [1.807, 2.05) is 48.5 Å². The van der Waals surface area contributed by atoms with Gasteiger partial charge >= 0.3 is 0 Å². The van der Waals surface area contributed by atoms with Crippen LogP contribution in [-0.4, -0.2) is 61.8 Å². The minimum Gasteiger partial charge on any atom is -0.493 e. The van der Waals surface area contributed by atoms with E-state index in [1.165, 1.54) is 0 Å². The van der Waals surface area contributed by atoms with Crippen molar-refractivity contribution < 1.29 is 37.9 Å². The van der Waals surface area contributed by atoms with E-state index in [0.717, 1.165) is 21.2 Å². The first-order chi connectivity index (χ1) is 21.8. The number of hydrogen-bond acceptors (Lipinski definition) is 8. The molecule has 4 rings (SSSR count). The molecule has 0 aliphatic rings.